The van der Waals surface area contributed by atoms with Crippen LogP contribution >= 0.6 is 0 Å². The molecule has 12 nitrogen and oxygen atoms in total. The van der Waals surface area contributed by atoms with E-state index in [0.717, 1.165) is 41.5 Å². The van der Waals surface area contributed by atoms with Gasteiger partial charge in [0.1, 0.15) is 23.1 Å². The predicted octanol–water partition coefficient (Wildman–Crippen LogP) is 9.79. The van der Waals surface area contributed by atoms with E-state index in [-0.39, 0.29) is 41.9 Å². The second-order valence-corrected chi connectivity index (χ2v) is 17.1. The first-order valence-corrected chi connectivity index (χ1v) is 19.3. The summed E-state index contributed by atoms with van der Waals surface area (Å²) in [6, 6.07) is 14.9. The first kappa shape index (κ1) is 40.9. The molecule has 4 aromatic rings. The zero-order valence-electron chi connectivity index (χ0n) is 34.1. The maximum atomic E-state index is 16.5. The zero-order valence-corrected chi connectivity index (χ0v) is 34.1. The highest BCUT2D eigenvalue weighted by molar-refractivity contribution is 6.14. The molecule has 7 rings (SSSR count). The Bertz CT molecular complexity index is 2180. The number of fused-ring (bicyclic) bond motifs is 10. The quantitative estimate of drug-likeness (QED) is 0.190. The Balaban J connectivity index is 1.41. The third-order valence-corrected chi connectivity index (χ3v) is 9.78. The van der Waals surface area contributed by atoms with Gasteiger partial charge < -0.3 is 24.4 Å². The Morgan fingerprint density at radius 1 is 0.982 bits per heavy atom. The Labute approximate surface area is 333 Å². The molecule has 1 unspecified atom stereocenters. The van der Waals surface area contributed by atoms with Crippen molar-refractivity contribution in [2.75, 3.05) is 29.2 Å². The van der Waals surface area contributed by atoms with Crippen LogP contribution in [0.4, 0.5) is 36.0 Å². The zero-order chi connectivity index (χ0) is 41.4. The largest absolute Gasteiger partial charge is 0.449 e. The topological polar surface area (TPSA) is 139 Å². The summed E-state index contributed by atoms with van der Waals surface area (Å²) in [5, 5.41) is 6.34. The molecule has 2 N–H and O–H groups in total. The number of amides is 4. The molecule has 3 aromatic carbocycles. The summed E-state index contributed by atoms with van der Waals surface area (Å²) in [6.07, 6.45) is 1.83. The second kappa shape index (κ2) is 16.0. The highest BCUT2D eigenvalue weighted by Crippen LogP contribution is 2.36. The smallest absolute Gasteiger partial charge is 0.425 e. The molecular formula is C44H52FN5O7. The van der Waals surface area contributed by atoms with Gasteiger partial charge in [-0.25, -0.2) is 23.8 Å². The van der Waals surface area contributed by atoms with Crippen LogP contribution in [-0.4, -0.2) is 58.9 Å². The van der Waals surface area contributed by atoms with Crippen LogP contribution in [0, 0.1) is 18.7 Å². The summed E-state index contributed by atoms with van der Waals surface area (Å²) in [6.45, 7) is 14.2. The molecule has 1 saturated carbocycles. The average molecular weight is 782 g/mol. The number of carbonyl (C=O) groups is 4. The Morgan fingerprint density at radius 2 is 1.67 bits per heavy atom. The summed E-state index contributed by atoms with van der Waals surface area (Å²) in [5.41, 5.74) is 3.37. The molecule has 4 amide bonds. The van der Waals surface area contributed by atoms with E-state index in [1.807, 2.05) is 50.2 Å². The molecule has 57 heavy (non-hydrogen) atoms. The van der Waals surface area contributed by atoms with Gasteiger partial charge in [-0.3, -0.25) is 10.1 Å². The number of anilines is 3. The van der Waals surface area contributed by atoms with Crippen molar-refractivity contribution in [2.45, 2.75) is 104 Å². The molecule has 1 fully saturated rings. The number of pyridine rings is 1. The van der Waals surface area contributed by atoms with Crippen molar-refractivity contribution >= 4 is 52.2 Å². The Hall–Kier alpha value is -5.72. The van der Waals surface area contributed by atoms with E-state index in [4.69, 9.17) is 14.2 Å². The van der Waals surface area contributed by atoms with Crippen LogP contribution in [0.2, 0.25) is 0 Å². The number of imide groups is 1. The number of rotatable bonds is 5. The number of aromatic nitrogens is 1. The van der Waals surface area contributed by atoms with Gasteiger partial charge in [0.15, 0.2) is 5.82 Å². The lowest BCUT2D eigenvalue weighted by molar-refractivity contribution is -0.131. The van der Waals surface area contributed by atoms with E-state index in [1.165, 1.54) is 12.3 Å². The molecule has 0 radical (unpaired) electrons. The van der Waals surface area contributed by atoms with E-state index in [0.29, 0.717) is 27.5 Å². The number of carbonyl (C=O) groups excluding carboxylic acids is 4. The molecule has 2 atom stereocenters. The van der Waals surface area contributed by atoms with Gasteiger partial charge in [-0.05, 0) is 137 Å². The van der Waals surface area contributed by atoms with Gasteiger partial charge in [0.05, 0.1) is 12.0 Å². The average Bonchev–Trinajstić information content (AvgIpc) is 3.92. The van der Waals surface area contributed by atoms with Crippen LogP contribution in [0.15, 0.2) is 60.8 Å². The fourth-order valence-corrected chi connectivity index (χ4v) is 6.93. The van der Waals surface area contributed by atoms with E-state index in [9.17, 15) is 19.2 Å². The number of hydrogen-bond acceptors (Lipinski definition) is 9. The molecular weight excluding hydrogens is 730 g/mol. The van der Waals surface area contributed by atoms with Crippen LogP contribution < -0.4 is 15.5 Å². The minimum Gasteiger partial charge on any atom is -0.449 e. The van der Waals surface area contributed by atoms with Crippen molar-refractivity contribution in [3.63, 3.8) is 0 Å². The fourth-order valence-electron chi connectivity index (χ4n) is 6.93. The molecule has 3 heterocycles. The molecule has 2 aliphatic heterocycles. The molecule has 302 valence electrons. The van der Waals surface area contributed by atoms with E-state index < -0.39 is 41.3 Å². The minimum atomic E-state index is -1.08. The number of nitrogens with one attached hydrogen (secondary N) is 2. The maximum Gasteiger partial charge on any atom is 0.425 e. The normalized spacial score (nSPS) is 17.8. The Morgan fingerprint density at radius 3 is 2.30 bits per heavy atom. The molecule has 0 spiro atoms. The number of hydrogen-bond donors (Lipinski definition) is 2. The van der Waals surface area contributed by atoms with Crippen LogP contribution in [0.1, 0.15) is 101 Å². The summed E-state index contributed by atoms with van der Waals surface area (Å²) >= 11 is 0. The molecule has 0 saturated heterocycles. The van der Waals surface area contributed by atoms with Gasteiger partial charge in [0.25, 0.3) is 0 Å². The molecule has 1 aromatic heterocycles. The lowest BCUT2D eigenvalue weighted by atomic mass is 9.92. The highest BCUT2D eigenvalue weighted by Gasteiger charge is 2.36. The Kier molecular flexibility index (Phi) is 11.5. The monoisotopic (exact) mass is 781 g/mol. The summed E-state index contributed by atoms with van der Waals surface area (Å²) < 4.78 is 33.2. The number of aryl methyl sites for hydroxylation is 1. The minimum absolute atomic E-state index is 0.118. The summed E-state index contributed by atoms with van der Waals surface area (Å²) in [4.78, 5) is 60.9. The third-order valence-electron chi connectivity index (χ3n) is 9.78. The van der Waals surface area contributed by atoms with Crippen LogP contribution in [0.25, 0.3) is 10.8 Å². The fraction of sp³-hybridized carbons (Fsp3) is 0.432. The lowest BCUT2D eigenvalue weighted by Crippen LogP contribution is -2.44. The van der Waals surface area contributed by atoms with Gasteiger partial charge in [-0.2, -0.15) is 4.90 Å². The van der Waals surface area contributed by atoms with Gasteiger partial charge in [0, 0.05) is 37.1 Å². The van der Waals surface area contributed by atoms with Crippen molar-refractivity contribution < 1.29 is 37.8 Å². The number of nitrogens with zero attached hydrogens (tertiary/aromatic N) is 3. The number of ether oxygens (including phenoxy) is 3. The number of benzene rings is 3. The second-order valence-electron chi connectivity index (χ2n) is 17.1. The first-order valence-electron chi connectivity index (χ1n) is 19.3. The van der Waals surface area contributed by atoms with Crippen LogP contribution in [0.5, 0.6) is 0 Å². The SMILES string of the molecule is Cc1cc2ccc1[C@@H](C)COC(=O)Nc1ccc(CC3CC3)c(c1)CN(C)C(=O)C2Nc1cc(F)c2c(N(C(=O)OC(C)(C)C)C(=O)OC(C)(C)C)nccc2c1. The lowest BCUT2D eigenvalue weighted by Gasteiger charge is -2.29. The summed E-state index contributed by atoms with van der Waals surface area (Å²) in [7, 11) is 1.72. The van der Waals surface area contributed by atoms with Gasteiger partial charge in [-0.15, -0.1) is 0 Å². The molecule has 1 aliphatic carbocycles. The van der Waals surface area contributed by atoms with E-state index in [2.05, 4.69) is 15.6 Å². The van der Waals surface area contributed by atoms with Gasteiger partial charge in [-0.1, -0.05) is 31.2 Å². The maximum absolute atomic E-state index is 16.5. The first-order chi connectivity index (χ1) is 26.8. The van der Waals surface area contributed by atoms with Gasteiger partial charge >= 0.3 is 18.3 Å². The van der Waals surface area contributed by atoms with Gasteiger partial charge in [0.2, 0.25) is 5.91 Å². The number of likely N-dealkylation sites (N-methyl/N-ethyl adjacent to an activating group) is 1. The van der Waals surface area contributed by atoms with Crippen LogP contribution in [-0.2, 0) is 32.0 Å². The molecule has 3 aliphatic rings. The van der Waals surface area contributed by atoms with E-state index >= 15 is 4.39 Å². The molecule has 4 bridgehead atoms. The van der Waals surface area contributed by atoms with Crippen LogP contribution in [0.3, 0.4) is 0 Å². The van der Waals surface area contributed by atoms with Crippen molar-refractivity contribution in [2.24, 2.45) is 5.92 Å². The third kappa shape index (κ3) is 10.00. The summed E-state index contributed by atoms with van der Waals surface area (Å²) in [5.74, 6) is -0.923. The van der Waals surface area contributed by atoms with E-state index in [1.54, 1.807) is 65.6 Å². The van der Waals surface area contributed by atoms with Crippen molar-refractivity contribution in [1.29, 1.82) is 0 Å². The highest BCUT2D eigenvalue weighted by atomic mass is 19.1. The molecule has 13 heteroatoms. The predicted molar refractivity (Wildman–Crippen MR) is 217 cm³/mol. The van der Waals surface area contributed by atoms with Crippen molar-refractivity contribution in [3.8, 4) is 0 Å². The standard InChI is InChI=1S/C44H52FN5O7/c1-25-18-30-13-15-34(25)26(2)24-55-40(52)48-32-14-12-28(19-27-10-11-27)31(21-32)23-49(9)39(51)37(30)47-33-20-29-16-17-46-38(36(29)35(45)22-33)50(41(53)56-43(3,4)5)42(54)57-44(6,7)8/h12-18,20-22,26-27,37,47H,10-11,19,23-24H2,1-9H3,(H,48,52)/t26-,37?/m0/s1. The number of halogens is 1. The van der Waals surface area contributed by atoms with Crippen molar-refractivity contribution in [3.05, 3.63) is 94.4 Å². The van der Waals surface area contributed by atoms with Crippen molar-refractivity contribution in [1.82, 2.24) is 9.88 Å².